The van der Waals surface area contributed by atoms with Gasteiger partial charge in [-0.1, -0.05) is 264 Å². The summed E-state index contributed by atoms with van der Waals surface area (Å²) in [5, 5.41) is 0. The Bertz CT molecular complexity index is 1600. The Balaban J connectivity index is 4.45. The zero-order chi connectivity index (χ0) is 55.7. The van der Waals surface area contributed by atoms with Gasteiger partial charge in [-0.15, -0.1) is 0 Å². The van der Waals surface area contributed by atoms with E-state index < -0.39 is 6.10 Å². The highest BCUT2D eigenvalue weighted by atomic mass is 16.6. The number of hydrogen-bond donors (Lipinski definition) is 0. The highest BCUT2D eigenvalue weighted by molar-refractivity contribution is 5.71. The Morgan fingerprint density at radius 2 is 0.506 bits per heavy atom. The fourth-order valence-corrected chi connectivity index (χ4v) is 8.69. The highest BCUT2D eigenvalue weighted by Crippen LogP contribution is 2.15. The molecular weight excluding hydrogens is 949 g/mol. The molecule has 438 valence electrons. The quantitative estimate of drug-likeness (QED) is 0.0261. The summed E-state index contributed by atoms with van der Waals surface area (Å²) in [6, 6.07) is 0. The van der Waals surface area contributed by atoms with E-state index >= 15 is 0 Å². The van der Waals surface area contributed by atoms with Gasteiger partial charge in [0.25, 0.3) is 0 Å². The molecule has 6 nitrogen and oxygen atoms in total. The first kappa shape index (κ1) is 72.8. The van der Waals surface area contributed by atoms with Gasteiger partial charge in [-0.25, -0.2) is 0 Å². The second-order valence-electron chi connectivity index (χ2n) is 20.9. The maximum absolute atomic E-state index is 12.9. The van der Waals surface area contributed by atoms with E-state index in [0.29, 0.717) is 19.3 Å². The third-order valence-corrected chi connectivity index (χ3v) is 13.4. The fraction of sp³-hybridized carbons (Fsp3) is 0.676. The number of allylic oxidation sites excluding steroid dienone is 20. The van der Waals surface area contributed by atoms with Crippen LogP contribution < -0.4 is 0 Å². The van der Waals surface area contributed by atoms with E-state index in [2.05, 4.69) is 142 Å². The van der Waals surface area contributed by atoms with Gasteiger partial charge in [0.2, 0.25) is 0 Å². The number of carbonyl (C=O) groups excluding carboxylic acids is 3. The molecule has 0 amide bonds. The molecule has 0 aliphatic heterocycles. The summed E-state index contributed by atoms with van der Waals surface area (Å²) in [6.07, 6.45) is 89.2. The molecule has 0 bridgehead atoms. The van der Waals surface area contributed by atoms with Crippen LogP contribution in [0.25, 0.3) is 0 Å². The minimum atomic E-state index is -0.814. The number of carbonyl (C=O) groups is 3. The normalized spacial score (nSPS) is 12.9. The van der Waals surface area contributed by atoms with Gasteiger partial charge in [-0.05, 0) is 128 Å². The molecule has 0 aromatic carbocycles. The molecule has 1 unspecified atom stereocenters. The Morgan fingerprint density at radius 1 is 0.273 bits per heavy atom. The largest absolute Gasteiger partial charge is 0.462 e. The molecule has 77 heavy (non-hydrogen) atoms. The molecular formula is C71H118O6. The van der Waals surface area contributed by atoms with Gasteiger partial charge in [-0.2, -0.15) is 0 Å². The Morgan fingerprint density at radius 3 is 0.831 bits per heavy atom. The lowest BCUT2D eigenvalue weighted by atomic mass is 10.0. The van der Waals surface area contributed by atoms with E-state index in [1.807, 2.05) is 0 Å². The molecule has 0 saturated heterocycles. The van der Waals surface area contributed by atoms with E-state index in [-0.39, 0.29) is 37.5 Å². The van der Waals surface area contributed by atoms with Crippen molar-refractivity contribution in [2.45, 2.75) is 297 Å². The molecule has 0 saturated carbocycles. The summed E-state index contributed by atoms with van der Waals surface area (Å²) in [6.45, 7) is 6.38. The van der Waals surface area contributed by atoms with Crippen molar-refractivity contribution in [3.05, 3.63) is 122 Å². The van der Waals surface area contributed by atoms with Gasteiger partial charge in [-0.3, -0.25) is 14.4 Å². The van der Waals surface area contributed by atoms with Gasteiger partial charge in [0.05, 0.1) is 0 Å². The van der Waals surface area contributed by atoms with Gasteiger partial charge in [0.15, 0.2) is 6.10 Å². The third kappa shape index (κ3) is 62.5. The average molecular weight is 1070 g/mol. The number of unbranched alkanes of at least 4 members (excludes halogenated alkanes) is 26. The summed E-state index contributed by atoms with van der Waals surface area (Å²) >= 11 is 0. The summed E-state index contributed by atoms with van der Waals surface area (Å²) in [4.78, 5) is 38.3. The van der Waals surface area contributed by atoms with Crippen LogP contribution in [0, 0.1) is 0 Å². The second-order valence-corrected chi connectivity index (χ2v) is 20.9. The van der Waals surface area contributed by atoms with E-state index in [1.54, 1.807) is 0 Å². The molecule has 6 heteroatoms. The summed E-state index contributed by atoms with van der Waals surface area (Å²) in [5.41, 5.74) is 0. The number of rotatable bonds is 57. The molecule has 0 aromatic heterocycles. The van der Waals surface area contributed by atoms with Gasteiger partial charge in [0, 0.05) is 19.3 Å². The first-order chi connectivity index (χ1) is 38.0. The molecule has 0 spiro atoms. The molecule has 0 heterocycles. The zero-order valence-corrected chi connectivity index (χ0v) is 50.2. The zero-order valence-electron chi connectivity index (χ0n) is 50.2. The minimum Gasteiger partial charge on any atom is -0.462 e. The van der Waals surface area contributed by atoms with Gasteiger partial charge in [0.1, 0.15) is 13.2 Å². The molecule has 1 atom stereocenters. The topological polar surface area (TPSA) is 78.9 Å². The van der Waals surface area contributed by atoms with Crippen molar-refractivity contribution in [1.82, 2.24) is 0 Å². The van der Waals surface area contributed by atoms with E-state index in [9.17, 15) is 14.4 Å². The van der Waals surface area contributed by atoms with Crippen LogP contribution in [0.4, 0.5) is 0 Å². The summed E-state index contributed by atoms with van der Waals surface area (Å²) in [7, 11) is 0. The average Bonchev–Trinajstić information content (AvgIpc) is 3.43. The molecule has 0 aliphatic rings. The van der Waals surface area contributed by atoms with Crippen molar-refractivity contribution in [2.24, 2.45) is 0 Å². The Labute approximate surface area is 475 Å². The lowest BCUT2D eigenvalue weighted by Gasteiger charge is -2.18. The Hall–Kier alpha value is -4.19. The smallest absolute Gasteiger partial charge is 0.306 e. The van der Waals surface area contributed by atoms with Gasteiger partial charge >= 0.3 is 17.9 Å². The van der Waals surface area contributed by atoms with Crippen LogP contribution in [0.15, 0.2) is 122 Å². The molecule has 0 radical (unpaired) electrons. The summed E-state index contributed by atoms with van der Waals surface area (Å²) < 4.78 is 16.9. The van der Waals surface area contributed by atoms with Crippen molar-refractivity contribution < 1.29 is 28.6 Å². The first-order valence-corrected chi connectivity index (χ1v) is 32.0. The molecule has 0 aromatic rings. The molecule has 0 fully saturated rings. The first-order valence-electron chi connectivity index (χ1n) is 32.0. The van der Waals surface area contributed by atoms with Crippen molar-refractivity contribution in [3.63, 3.8) is 0 Å². The van der Waals surface area contributed by atoms with Crippen LogP contribution in [-0.4, -0.2) is 37.2 Å². The second kappa shape index (κ2) is 64.3. The van der Waals surface area contributed by atoms with Crippen molar-refractivity contribution >= 4 is 17.9 Å². The minimum absolute atomic E-state index is 0.104. The van der Waals surface area contributed by atoms with Crippen LogP contribution in [0.3, 0.4) is 0 Å². The maximum atomic E-state index is 12.9. The van der Waals surface area contributed by atoms with E-state index in [4.69, 9.17) is 14.2 Å². The monoisotopic (exact) mass is 1070 g/mol. The standard InChI is InChI=1S/C71H118O6/c1-4-7-10-13-16-19-22-25-28-30-32-34-35-37-38-40-43-46-49-52-55-58-61-64-70(73)76-67-68(66-75-69(72)63-60-57-54-51-48-45-42-27-24-21-18-15-12-9-6-3)77-71(74)65-62-59-56-53-50-47-44-41-39-36-33-31-29-26-23-20-17-14-11-8-5-2/h8-9,11-12,17-18,20-21,26-27,29-30,32-33,36,41-42,44,50,53,68H,4-7,10,13-16,19,22-25,28,31,34-35,37-40,43,45-49,51-52,54-67H2,1-3H3/b11-8-,12-9-,20-17-,21-18-,29-26-,32-30-,36-33-,42-27-,44-41-,53-50-. The number of hydrogen-bond acceptors (Lipinski definition) is 6. The van der Waals surface area contributed by atoms with Crippen molar-refractivity contribution in [3.8, 4) is 0 Å². The van der Waals surface area contributed by atoms with Crippen LogP contribution in [0.5, 0.6) is 0 Å². The van der Waals surface area contributed by atoms with Crippen LogP contribution in [0.1, 0.15) is 290 Å². The lowest BCUT2D eigenvalue weighted by Crippen LogP contribution is -2.30. The summed E-state index contributed by atoms with van der Waals surface area (Å²) in [5.74, 6) is -0.962. The van der Waals surface area contributed by atoms with Crippen LogP contribution in [0.2, 0.25) is 0 Å². The Kier molecular flexibility index (Phi) is 60.8. The number of esters is 3. The van der Waals surface area contributed by atoms with Crippen molar-refractivity contribution in [1.29, 1.82) is 0 Å². The maximum Gasteiger partial charge on any atom is 0.306 e. The lowest BCUT2D eigenvalue weighted by molar-refractivity contribution is -0.167. The molecule has 0 aliphatic carbocycles. The fourth-order valence-electron chi connectivity index (χ4n) is 8.69. The number of ether oxygens (including phenoxy) is 3. The van der Waals surface area contributed by atoms with E-state index in [0.717, 1.165) is 128 Å². The predicted octanol–water partition coefficient (Wildman–Crippen LogP) is 22.0. The van der Waals surface area contributed by atoms with E-state index in [1.165, 1.54) is 116 Å². The SMILES string of the molecule is CC/C=C\C/C=C\C/C=C\C/C=C\C/C=C\C/C=C\CCCCC(=O)OC(COC(=O)CCCCCCC/C=C\C/C=C\C/C=C\CC)COC(=O)CCCCCCCCCCCCC/C=C\CCCCCCCCCC. The highest BCUT2D eigenvalue weighted by Gasteiger charge is 2.19. The van der Waals surface area contributed by atoms with Crippen molar-refractivity contribution in [2.75, 3.05) is 13.2 Å². The van der Waals surface area contributed by atoms with Crippen LogP contribution in [-0.2, 0) is 28.6 Å². The molecule has 0 rings (SSSR count). The third-order valence-electron chi connectivity index (χ3n) is 13.4. The molecule has 0 N–H and O–H groups in total. The van der Waals surface area contributed by atoms with Crippen LogP contribution >= 0.6 is 0 Å². The predicted molar refractivity (Wildman–Crippen MR) is 334 cm³/mol. The van der Waals surface area contributed by atoms with Gasteiger partial charge < -0.3 is 14.2 Å².